The summed E-state index contributed by atoms with van der Waals surface area (Å²) in [5.74, 6) is -0.0508. The van der Waals surface area contributed by atoms with E-state index in [2.05, 4.69) is 9.97 Å². The number of amides is 1. The maximum Gasteiger partial charge on any atom is 0.256 e. The zero-order chi connectivity index (χ0) is 16.8. The van der Waals surface area contributed by atoms with E-state index in [-0.39, 0.29) is 11.9 Å². The van der Waals surface area contributed by atoms with Crippen molar-refractivity contribution in [3.05, 3.63) is 96.1 Å². The zero-order valence-corrected chi connectivity index (χ0v) is 13.5. The normalized spacial score (nSPS) is 11.7. The van der Waals surface area contributed by atoms with Crippen molar-refractivity contribution >= 4 is 5.91 Å². The van der Waals surface area contributed by atoms with Gasteiger partial charge in [-0.1, -0.05) is 36.4 Å². The predicted octanol–water partition coefficient (Wildman–Crippen LogP) is 3.88. The van der Waals surface area contributed by atoms with Gasteiger partial charge in [0.25, 0.3) is 5.91 Å². The Morgan fingerprint density at radius 1 is 1.00 bits per heavy atom. The van der Waals surface area contributed by atoms with E-state index in [0.29, 0.717) is 12.1 Å². The third-order valence-corrected chi connectivity index (χ3v) is 3.95. The van der Waals surface area contributed by atoms with Gasteiger partial charge in [0, 0.05) is 25.1 Å². The van der Waals surface area contributed by atoms with E-state index in [1.807, 2.05) is 60.4 Å². The minimum atomic E-state index is -0.140. The zero-order valence-electron chi connectivity index (χ0n) is 13.5. The average molecular weight is 317 g/mol. The highest BCUT2D eigenvalue weighted by molar-refractivity contribution is 5.94. The Morgan fingerprint density at radius 2 is 1.79 bits per heavy atom. The van der Waals surface area contributed by atoms with E-state index in [4.69, 9.17) is 0 Å². The van der Waals surface area contributed by atoms with Gasteiger partial charge in [-0.3, -0.25) is 14.8 Å². The highest BCUT2D eigenvalue weighted by Gasteiger charge is 2.23. The molecule has 0 spiro atoms. The van der Waals surface area contributed by atoms with Crippen LogP contribution < -0.4 is 0 Å². The minimum absolute atomic E-state index is 0.0508. The number of hydrogen-bond acceptors (Lipinski definition) is 3. The van der Waals surface area contributed by atoms with Crippen molar-refractivity contribution in [2.45, 2.75) is 19.5 Å². The number of carbonyl (C=O) groups excluding carboxylic acids is 1. The van der Waals surface area contributed by atoms with Gasteiger partial charge in [-0.25, -0.2) is 0 Å². The van der Waals surface area contributed by atoms with E-state index in [1.54, 1.807) is 30.7 Å². The van der Waals surface area contributed by atoms with Crippen LogP contribution >= 0.6 is 0 Å². The molecule has 4 nitrogen and oxygen atoms in total. The second-order valence-corrected chi connectivity index (χ2v) is 5.59. The molecule has 0 N–H and O–H groups in total. The lowest BCUT2D eigenvalue weighted by atomic mass is 10.1. The molecule has 120 valence electrons. The summed E-state index contributed by atoms with van der Waals surface area (Å²) in [5, 5.41) is 0. The number of hydrogen-bond donors (Lipinski definition) is 0. The summed E-state index contributed by atoms with van der Waals surface area (Å²) in [6.07, 6.45) is 5.02. The molecular formula is C20H19N3O. The lowest BCUT2D eigenvalue weighted by molar-refractivity contribution is 0.0670. The summed E-state index contributed by atoms with van der Waals surface area (Å²) >= 11 is 0. The Kier molecular flexibility index (Phi) is 4.96. The number of rotatable bonds is 5. The van der Waals surface area contributed by atoms with Gasteiger partial charge in [0.15, 0.2) is 0 Å². The van der Waals surface area contributed by atoms with Gasteiger partial charge in [0.2, 0.25) is 0 Å². The molecule has 3 rings (SSSR count). The van der Waals surface area contributed by atoms with Crippen LogP contribution in [0, 0.1) is 0 Å². The molecule has 0 bridgehead atoms. The third kappa shape index (κ3) is 3.66. The number of pyridine rings is 2. The molecular weight excluding hydrogens is 298 g/mol. The summed E-state index contributed by atoms with van der Waals surface area (Å²) in [6, 6.07) is 19.2. The molecule has 0 aliphatic rings. The van der Waals surface area contributed by atoms with Crippen molar-refractivity contribution in [3.63, 3.8) is 0 Å². The fourth-order valence-corrected chi connectivity index (χ4v) is 2.60. The van der Waals surface area contributed by atoms with Crippen LogP contribution in [0.4, 0.5) is 0 Å². The molecule has 24 heavy (non-hydrogen) atoms. The smallest absolute Gasteiger partial charge is 0.256 e. The molecule has 2 aromatic heterocycles. The quantitative estimate of drug-likeness (QED) is 0.717. The van der Waals surface area contributed by atoms with Crippen molar-refractivity contribution in [2.75, 3.05) is 0 Å². The highest BCUT2D eigenvalue weighted by Crippen LogP contribution is 2.23. The molecule has 0 fully saturated rings. The van der Waals surface area contributed by atoms with Gasteiger partial charge < -0.3 is 4.90 Å². The number of aromatic nitrogens is 2. The van der Waals surface area contributed by atoms with Gasteiger partial charge >= 0.3 is 0 Å². The summed E-state index contributed by atoms with van der Waals surface area (Å²) in [6.45, 7) is 2.52. The van der Waals surface area contributed by atoms with Crippen LogP contribution in [0.1, 0.15) is 34.6 Å². The van der Waals surface area contributed by atoms with Gasteiger partial charge in [-0.05, 0) is 36.8 Å². The van der Waals surface area contributed by atoms with Crippen LogP contribution in [0.15, 0.2) is 79.3 Å². The molecule has 1 unspecified atom stereocenters. The van der Waals surface area contributed by atoms with Crippen LogP contribution in [0.2, 0.25) is 0 Å². The molecule has 4 heteroatoms. The Labute approximate surface area is 141 Å². The Balaban J connectivity index is 1.93. The molecule has 1 aromatic carbocycles. The number of carbonyl (C=O) groups is 1. The summed E-state index contributed by atoms with van der Waals surface area (Å²) in [4.78, 5) is 23.3. The molecule has 0 radical (unpaired) electrons. The molecule has 0 saturated heterocycles. The van der Waals surface area contributed by atoms with Crippen LogP contribution in [0.3, 0.4) is 0 Å². The van der Waals surface area contributed by atoms with E-state index < -0.39 is 0 Å². The monoisotopic (exact) mass is 317 g/mol. The standard InChI is InChI=1S/C20H19N3O/c1-16(19-11-5-6-13-22-19)23(15-17-8-3-2-4-9-17)20(24)18-10-7-12-21-14-18/h2-14,16H,15H2,1H3. The fraction of sp³-hybridized carbons (Fsp3) is 0.150. The van der Waals surface area contributed by atoms with Crippen LogP contribution in [0.5, 0.6) is 0 Å². The lowest BCUT2D eigenvalue weighted by Gasteiger charge is -2.29. The maximum absolute atomic E-state index is 13.0. The molecule has 1 amide bonds. The third-order valence-electron chi connectivity index (χ3n) is 3.95. The largest absolute Gasteiger partial charge is 0.326 e. The first-order chi connectivity index (χ1) is 11.8. The first kappa shape index (κ1) is 15.9. The predicted molar refractivity (Wildman–Crippen MR) is 93.2 cm³/mol. The van der Waals surface area contributed by atoms with Gasteiger partial charge in [-0.2, -0.15) is 0 Å². The summed E-state index contributed by atoms with van der Waals surface area (Å²) in [7, 11) is 0. The minimum Gasteiger partial charge on any atom is -0.326 e. The van der Waals surface area contributed by atoms with Crippen molar-refractivity contribution in [1.82, 2.24) is 14.9 Å². The lowest BCUT2D eigenvalue weighted by Crippen LogP contribution is -2.33. The van der Waals surface area contributed by atoms with Crippen LogP contribution in [-0.4, -0.2) is 20.8 Å². The van der Waals surface area contributed by atoms with Crippen molar-refractivity contribution in [1.29, 1.82) is 0 Å². The molecule has 3 aromatic rings. The van der Waals surface area contributed by atoms with Crippen molar-refractivity contribution in [3.8, 4) is 0 Å². The van der Waals surface area contributed by atoms with Gasteiger partial charge in [0.1, 0.15) is 0 Å². The van der Waals surface area contributed by atoms with Gasteiger partial charge in [0.05, 0.1) is 17.3 Å². The molecule has 1 atom stereocenters. The number of nitrogens with zero attached hydrogens (tertiary/aromatic N) is 3. The summed E-state index contributed by atoms with van der Waals surface area (Å²) < 4.78 is 0. The summed E-state index contributed by atoms with van der Waals surface area (Å²) in [5.41, 5.74) is 2.53. The Hall–Kier alpha value is -3.01. The van der Waals surface area contributed by atoms with E-state index in [1.165, 1.54) is 0 Å². The molecule has 0 saturated carbocycles. The van der Waals surface area contributed by atoms with Crippen LogP contribution in [-0.2, 0) is 6.54 Å². The fourth-order valence-electron chi connectivity index (χ4n) is 2.60. The van der Waals surface area contributed by atoms with E-state index in [0.717, 1.165) is 11.3 Å². The second-order valence-electron chi connectivity index (χ2n) is 5.59. The van der Waals surface area contributed by atoms with Crippen molar-refractivity contribution < 1.29 is 4.79 Å². The van der Waals surface area contributed by atoms with E-state index in [9.17, 15) is 4.79 Å². The Bertz CT molecular complexity index is 776. The SMILES string of the molecule is CC(c1ccccn1)N(Cc1ccccc1)C(=O)c1cccnc1. The second kappa shape index (κ2) is 7.51. The molecule has 0 aliphatic heterocycles. The topological polar surface area (TPSA) is 46.1 Å². The molecule has 0 aliphatic carbocycles. The first-order valence-corrected chi connectivity index (χ1v) is 7.91. The highest BCUT2D eigenvalue weighted by atomic mass is 16.2. The Morgan fingerprint density at radius 3 is 2.46 bits per heavy atom. The molecule has 2 heterocycles. The first-order valence-electron chi connectivity index (χ1n) is 7.91. The van der Waals surface area contributed by atoms with Gasteiger partial charge in [-0.15, -0.1) is 0 Å². The maximum atomic E-state index is 13.0. The van der Waals surface area contributed by atoms with Crippen molar-refractivity contribution in [2.24, 2.45) is 0 Å². The average Bonchev–Trinajstić information content (AvgIpc) is 2.67. The number of benzene rings is 1. The van der Waals surface area contributed by atoms with Crippen LogP contribution in [0.25, 0.3) is 0 Å². The van der Waals surface area contributed by atoms with E-state index >= 15 is 0 Å².